The molecule has 0 saturated heterocycles. The summed E-state index contributed by atoms with van der Waals surface area (Å²) in [6.07, 6.45) is 3.35. The maximum atomic E-state index is 9.96. The van der Waals surface area contributed by atoms with E-state index in [1.165, 1.54) is 6.42 Å². The summed E-state index contributed by atoms with van der Waals surface area (Å²) in [4.78, 5) is 5.04. The molecule has 7 nitrogen and oxygen atoms in total. The first-order chi connectivity index (χ1) is 9.16. The quantitative estimate of drug-likeness (QED) is 0.244. The van der Waals surface area contributed by atoms with E-state index in [4.69, 9.17) is 12.4 Å². The monoisotopic (exact) mass is 282 g/mol. The Morgan fingerprint density at radius 1 is 1.28 bits per heavy atom. The molecule has 0 aromatic rings. The number of nitrogens with zero attached hydrogens (tertiary/aromatic N) is 6. The van der Waals surface area contributed by atoms with Gasteiger partial charge in [-0.3, -0.25) is 9.11 Å². The van der Waals surface area contributed by atoms with Gasteiger partial charge in [0.25, 0.3) is 0 Å². The Kier molecular flexibility index (Phi) is 54.7. The van der Waals surface area contributed by atoms with Gasteiger partial charge < -0.3 is 0 Å². The van der Waals surface area contributed by atoms with Gasteiger partial charge >= 0.3 is 0 Å². The molecular formula is C9H24FN7S. The second kappa shape index (κ2) is 44.6. The zero-order valence-electron chi connectivity index (χ0n) is 12.3. The van der Waals surface area contributed by atoms with Crippen LogP contribution < -0.4 is 4.72 Å². The zero-order chi connectivity index (χ0) is 15.8. The molecule has 108 valence electrons. The minimum absolute atomic E-state index is 0.236. The topological polar surface area (TPSA) is 110 Å². The van der Waals surface area contributed by atoms with Gasteiger partial charge in [-0.2, -0.15) is 0 Å². The molecule has 0 bridgehead atoms. The van der Waals surface area contributed by atoms with E-state index in [-0.39, 0.29) is 6.67 Å². The summed E-state index contributed by atoms with van der Waals surface area (Å²) in [5.74, 6) is 0. The molecule has 0 rings (SSSR count). The van der Waals surface area contributed by atoms with Crippen molar-refractivity contribution in [3.05, 3.63) is 20.9 Å². The number of unbranched alkanes of at least 4 members (excludes halogenated alkanes) is 1. The van der Waals surface area contributed by atoms with Crippen LogP contribution in [0, 0.1) is 0 Å². The molecule has 0 unspecified atom stereocenters. The van der Waals surface area contributed by atoms with Crippen LogP contribution in [-0.2, 0) is 0 Å². The van der Waals surface area contributed by atoms with Crippen molar-refractivity contribution in [2.75, 3.05) is 20.4 Å². The molecule has 18 heavy (non-hydrogen) atoms. The first-order valence-electron chi connectivity index (χ1n) is 6.11. The Bertz CT molecular complexity index is 219. The summed E-state index contributed by atoms with van der Waals surface area (Å²) < 4.78 is 17.8. The highest BCUT2D eigenvalue weighted by molar-refractivity contribution is 7.78. The Hall–Kier alpha value is -1.14. The largest absolute Gasteiger partial charge is 0.261 e. The highest BCUT2D eigenvalue weighted by atomic mass is 32.1. The van der Waals surface area contributed by atoms with Crippen LogP contribution in [0.5, 0.6) is 0 Å². The maximum Gasteiger partial charge on any atom is 0.0845 e. The summed E-state index contributed by atoms with van der Waals surface area (Å²) in [6, 6.07) is 0. The molecule has 1 N–H and O–H groups in total. The number of rotatable bonds is 5. The predicted octanol–water partition coefficient (Wildman–Crippen LogP) is 4.79. The predicted molar refractivity (Wildman–Crippen MR) is 78.1 cm³/mol. The van der Waals surface area contributed by atoms with Gasteiger partial charge in [0, 0.05) is 16.4 Å². The Balaban J connectivity index is -0.0000000851. The fraction of sp³-hybridized carbons (Fsp3) is 1.00. The van der Waals surface area contributed by atoms with Gasteiger partial charge in [-0.1, -0.05) is 56.7 Å². The van der Waals surface area contributed by atoms with E-state index in [9.17, 15) is 4.39 Å². The minimum Gasteiger partial charge on any atom is -0.261 e. The van der Waals surface area contributed by atoms with E-state index >= 15 is 0 Å². The molecule has 0 amide bonds. The molecule has 0 aromatic carbocycles. The molecule has 0 aliphatic heterocycles. The van der Waals surface area contributed by atoms with E-state index in [2.05, 4.69) is 58.4 Å². The smallest absolute Gasteiger partial charge is 0.0845 e. The Morgan fingerprint density at radius 3 is 1.94 bits per heavy atom. The van der Waals surface area contributed by atoms with Crippen molar-refractivity contribution < 1.29 is 5.76 Å². The van der Waals surface area contributed by atoms with Crippen LogP contribution in [0.1, 0.15) is 41.4 Å². The van der Waals surface area contributed by atoms with E-state index in [0.717, 1.165) is 12.8 Å². The molecule has 0 heterocycles. The highest BCUT2D eigenvalue weighted by Crippen LogP contribution is 1.85. The van der Waals surface area contributed by atoms with Crippen molar-refractivity contribution in [2.24, 2.45) is 10.2 Å². The lowest BCUT2D eigenvalue weighted by atomic mass is 10.3. The molecule has 0 spiro atoms. The molecule has 0 fully saturated rings. The van der Waals surface area contributed by atoms with Crippen LogP contribution in [0.25, 0.3) is 20.9 Å². The van der Waals surface area contributed by atoms with Crippen molar-refractivity contribution in [2.45, 2.75) is 40.0 Å². The van der Waals surface area contributed by atoms with Gasteiger partial charge in [-0.15, -0.1) is 0 Å². The molecule has 9 heteroatoms. The van der Waals surface area contributed by atoms with Crippen LogP contribution in [0.4, 0.5) is 4.39 Å². The van der Waals surface area contributed by atoms with Crippen LogP contribution >= 0.6 is 12.8 Å². The van der Waals surface area contributed by atoms with Gasteiger partial charge in [0.2, 0.25) is 0 Å². The molecular weight excluding hydrogens is 257 g/mol. The first-order valence-corrected chi connectivity index (χ1v) is 5.85. The van der Waals surface area contributed by atoms with Crippen molar-refractivity contribution in [1.82, 2.24) is 4.72 Å². The molecule has 0 atom stereocenters. The highest BCUT2D eigenvalue weighted by Gasteiger charge is 1.74. The Morgan fingerprint density at radius 2 is 1.72 bits per heavy atom. The first kappa shape index (κ1) is 22.1. The average Bonchev–Trinajstić information content (AvgIpc) is 2.40. The van der Waals surface area contributed by atoms with Crippen LogP contribution in [0.15, 0.2) is 10.2 Å². The number of alkyl halides is 1. The van der Waals surface area contributed by atoms with Gasteiger partial charge in [0.1, 0.15) is 0 Å². The fourth-order valence-electron chi connectivity index (χ4n) is 0.337. The summed E-state index contributed by atoms with van der Waals surface area (Å²) in [5, 5.41) is 6.43. The SMILES string of the molecule is CCC.CCCCN=[N+]=[N-].[2H]CF.[N-]=[N+]=NCNS. The second-order valence-corrected chi connectivity index (χ2v) is 2.88. The molecule has 0 aliphatic rings. The summed E-state index contributed by atoms with van der Waals surface area (Å²) in [6.45, 7) is 7.19. The van der Waals surface area contributed by atoms with Crippen LogP contribution in [0.3, 0.4) is 0 Å². The molecule has 0 radical (unpaired) electrons. The second-order valence-electron chi connectivity index (χ2n) is 2.56. The number of halogens is 1. The maximum absolute atomic E-state index is 9.96. The molecule has 0 aromatic heterocycles. The normalized spacial score (nSPS) is 7.28. The number of nitrogens with one attached hydrogen (secondary N) is 1. The Labute approximate surface area is 115 Å². The lowest BCUT2D eigenvalue weighted by molar-refractivity contribution is 0.636. The van der Waals surface area contributed by atoms with E-state index < -0.39 is 7.15 Å². The average molecular weight is 282 g/mol. The van der Waals surface area contributed by atoms with Crippen LogP contribution in [-0.4, -0.2) is 20.4 Å². The summed E-state index contributed by atoms with van der Waals surface area (Å²) in [7, 11) is -1.00. The molecule has 0 aliphatic carbocycles. The molecule has 0 saturated carbocycles. The third-order valence-corrected chi connectivity index (χ3v) is 1.02. The number of thiol groups is 1. The zero-order valence-corrected chi connectivity index (χ0v) is 12.1. The fourth-order valence-corrected chi connectivity index (χ4v) is 0.400. The number of hydrogen-bond donors (Lipinski definition) is 2. The van der Waals surface area contributed by atoms with Gasteiger partial charge in [-0.25, -0.2) is 0 Å². The number of azide groups is 2. The lowest BCUT2D eigenvalue weighted by Crippen LogP contribution is -1.93. The standard InChI is InChI=1S/C4H9N3.C3H8.CH3F.CH4N4S/c1-2-3-4-6-7-5;1-3-2;1-2;2-5-3-1-4-6/h2-4H2,1H3;3H2,1-2H3;1H3;4,6H,1H2/i;;1D;. The number of hydrogen-bond acceptors (Lipinski definition) is 4. The van der Waals surface area contributed by atoms with Gasteiger partial charge in [0.15, 0.2) is 0 Å². The van der Waals surface area contributed by atoms with Gasteiger partial charge in [0.05, 0.1) is 15.2 Å². The van der Waals surface area contributed by atoms with Crippen molar-refractivity contribution in [1.29, 1.82) is 0 Å². The lowest BCUT2D eigenvalue weighted by Gasteiger charge is -1.80. The van der Waals surface area contributed by atoms with Crippen molar-refractivity contribution in [3.8, 4) is 0 Å². The van der Waals surface area contributed by atoms with Crippen LogP contribution in [0.2, 0.25) is 0 Å². The van der Waals surface area contributed by atoms with Crippen molar-refractivity contribution in [3.63, 3.8) is 0 Å². The van der Waals surface area contributed by atoms with E-state index in [1.54, 1.807) is 0 Å². The van der Waals surface area contributed by atoms with Crippen molar-refractivity contribution >= 4 is 12.8 Å². The minimum atomic E-state index is -1.00. The third-order valence-electron chi connectivity index (χ3n) is 0.880. The third kappa shape index (κ3) is 83.1. The van der Waals surface area contributed by atoms with E-state index in [0.29, 0.717) is 6.54 Å². The van der Waals surface area contributed by atoms with Gasteiger partial charge in [-0.05, 0) is 17.5 Å². The van der Waals surface area contributed by atoms with E-state index in [1.807, 2.05) is 0 Å². The summed E-state index contributed by atoms with van der Waals surface area (Å²) >= 11 is 3.54. The summed E-state index contributed by atoms with van der Waals surface area (Å²) in [5.41, 5.74) is 15.3.